The van der Waals surface area contributed by atoms with Crippen LogP contribution in [0.2, 0.25) is 0 Å². The number of hydrogen-bond donors (Lipinski definition) is 2. The molecule has 2 aliphatic heterocycles. The van der Waals surface area contributed by atoms with Gasteiger partial charge < -0.3 is 24.8 Å². The molecule has 0 radical (unpaired) electrons. The van der Waals surface area contributed by atoms with E-state index in [9.17, 15) is 14.4 Å². The number of amides is 1. The topological polar surface area (TPSA) is 92.7 Å². The second-order valence-corrected chi connectivity index (χ2v) is 11.9. The Balaban J connectivity index is 1.56. The molecule has 8 nitrogen and oxygen atoms in total. The lowest BCUT2D eigenvalue weighted by atomic mass is 9.97. The second-order valence-electron chi connectivity index (χ2n) is 11.9. The molecule has 2 aromatic rings. The minimum Gasteiger partial charge on any atom is -0.385 e. The largest absolute Gasteiger partial charge is 0.385 e. The van der Waals surface area contributed by atoms with Crippen molar-refractivity contribution >= 4 is 34.1 Å². The van der Waals surface area contributed by atoms with Crippen LogP contribution in [-0.2, 0) is 27.4 Å². The van der Waals surface area contributed by atoms with Crippen molar-refractivity contribution in [1.82, 2.24) is 14.8 Å². The molecular weight excluding hydrogens is 492 g/mol. The van der Waals surface area contributed by atoms with Gasteiger partial charge in [0.15, 0.2) is 11.6 Å². The number of anilines is 1. The van der Waals surface area contributed by atoms with Crippen LogP contribution in [0.25, 0.3) is 10.9 Å². The molecule has 3 atom stereocenters. The average molecular weight is 535 g/mol. The van der Waals surface area contributed by atoms with Crippen LogP contribution in [0.1, 0.15) is 69.3 Å². The van der Waals surface area contributed by atoms with E-state index in [0.717, 1.165) is 48.1 Å². The Labute approximate surface area is 231 Å². The summed E-state index contributed by atoms with van der Waals surface area (Å²) in [4.78, 5) is 41.5. The molecule has 1 aromatic heterocycles. The van der Waals surface area contributed by atoms with Crippen LogP contribution in [0.5, 0.6) is 0 Å². The highest BCUT2D eigenvalue weighted by Gasteiger charge is 2.66. The first-order valence-electron chi connectivity index (χ1n) is 14.4. The summed E-state index contributed by atoms with van der Waals surface area (Å²) in [6, 6.07) is 3.80. The van der Waals surface area contributed by atoms with Gasteiger partial charge in [-0.2, -0.15) is 0 Å². The molecule has 1 saturated heterocycles. The summed E-state index contributed by atoms with van der Waals surface area (Å²) < 4.78 is 7.94. The Kier molecular flexibility index (Phi) is 7.96. The number of piperidine rings is 1. The van der Waals surface area contributed by atoms with E-state index in [1.54, 1.807) is 6.92 Å². The summed E-state index contributed by atoms with van der Waals surface area (Å²) in [7, 11) is 0. The van der Waals surface area contributed by atoms with Crippen LogP contribution in [0.15, 0.2) is 30.5 Å². The Morgan fingerprint density at radius 2 is 2.05 bits per heavy atom. The van der Waals surface area contributed by atoms with Crippen molar-refractivity contribution in [3.8, 4) is 0 Å². The van der Waals surface area contributed by atoms with Gasteiger partial charge in [-0.05, 0) is 56.3 Å². The Morgan fingerprint density at radius 3 is 2.79 bits per heavy atom. The van der Waals surface area contributed by atoms with Crippen molar-refractivity contribution in [3.63, 3.8) is 0 Å². The normalized spacial score (nSPS) is 26.4. The van der Waals surface area contributed by atoms with E-state index in [1.807, 2.05) is 28.7 Å². The number of carbonyl (C=O) groups is 3. The third kappa shape index (κ3) is 5.54. The van der Waals surface area contributed by atoms with Gasteiger partial charge in [0, 0.05) is 53.8 Å². The van der Waals surface area contributed by atoms with Gasteiger partial charge in [-0.3, -0.25) is 14.4 Å². The van der Waals surface area contributed by atoms with Crippen molar-refractivity contribution in [1.29, 1.82) is 0 Å². The zero-order chi connectivity index (χ0) is 27.7. The first-order valence-corrected chi connectivity index (χ1v) is 14.4. The lowest BCUT2D eigenvalue weighted by Gasteiger charge is -2.27. The molecule has 2 fully saturated rings. The van der Waals surface area contributed by atoms with Crippen LogP contribution in [-0.4, -0.2) is 65.3 Å². The molecule has 3 aliphatic rings. The van der Waals surface area contributed by atoms with Gasteiger partial charge in [0.2, 0.25) is 5.91 Å². The monoisotopic (exact) mass is 534 g/mol. The number of ketones is 2. The third-order valence-electron chi connectivity index (χ3n) is 8.45. The molecule has 5 rings (SSSR count). The zero-order valence-electron chi connectivity index (χ0n) is 23.7. The molecule has 39 heavy (non-hydrogen) atoms. The molecule has 2 N–H and O–H groups in total. The standard InChI is InChI=1S/C31H42N4O4/c1-5-27(37)26-13-31-14-28(31)35(26)29(38)18-34-17-25(21(4)36)24-12-23(33-15-20(2)3)11-22(30(24)34)16-32-9-7-6-8-10-39-19-31/h6,8,11-12,17,20,26,28,32-33H,5,7,9-10,13-16,18-19H2,1-4H3/b8-6-/t26-,28+,31-/m0/s1. The van der Waals surface area contributed by atoms with Crippen LogP contribution >= 0.6 is 0 Å². The predicted octanol–water partition coefficient (Wildman–Crippen LogP) is 4.32. The number of rotatable bonds is 6. The SMILES string of the molecule is CCC(=O)[C@@H]1C[C@]23COC/C=C\CCNCc4cc(NCC(C)C)cc5c(C(C)=O)cn(c45)CC(=O)N1[C@@H]2C3. The van der Waals surface area contributed by atoms with E-state index in [1.165, 1.54) is 0 Å². The summed E-state index contributed by atoms with van der Waals surface area (Å²) >= 11 is 0. The van der Waals surface area contributed by atoms with E-state index in [2.05, 4.69) is 42.7 Å². The summed E-state index contributed by atoms with van der Waals surface area (Å²) in [5.41, 5.74) is 3.40. The fourth-order valence-corrected chi connectivity index (χ4v) is 6.35. The fraction of sp³-hybridized carbons (Fsp3) is 0.581. The minimum absolute atomic E-state index is 0.0306. The van der Waals surface area contributed by atoms with Gasteiger partial charge in [0.25, 0.3) is 0 Å². The molecule has 0 spiro atoms. The smallest absolute Gasteiger partial charge is 0.243 e. The van der Waals surface area contributed by atoms with E-state index >= 15 is 0 Å². The first-order chi connectivity index (χ1) is 18.7. The molecule has 1 aliphatic carbocycles. The maximum absolute atomic E-state index is 13.9. The van der Waals surface area contributed by atoms with E-state index in [4.69, 9.17) is 4.74 Å². The Hall–Kier alpha value is -2.97. The number of Topliss-reactive ketones (excluding diaryl/α,β-unsaturated/α-hetero) is 2. The minimum atomic E-state index is -0.402. The highest BCUT2D eigenvalue weighted by atomic mass is 16.5. The van der Waals surface area contributed by atoms with Gasteiger partial charge in [0.05, 0.1) is 24.8 Å². The molecule has 1 aromatic carbocycles. The second kappa shape index (κ2) is 11.3. The maximum Gasteiger partial charge on any atom is 0.243 e. The number of benzene rings is 1. The molecule has 3 heterocycles. The zero-order valence-corrected chi connectivity index (χ0v) is 23.7. The molecule has 8 heteroatoms. The number of carbonyl (C=O) groups excluding carboxylic acids is 3. The number of nitrogens with one attached hydrogen (secondary N) is 2. The van der Waals surface area contributed by atoms with Crippen molar-refractivity contribution in [2.75, 3.05) is 31.6 Å². The summed E-state index contributed by atoms with van der Waals surface area (Å²) in [6.45, 7) is 11.2. The van der Waals surface area contributed by atoms with Gasteiger partial charge in [-0.1, -0.05) is 32.9 Å². The Morgan fingerprint density at radius 1 is 1.23 bits per heavy atom. The van der Waals surface area contributed by atoms with Crippen molar-refractivity contribution in [3.05, 3.63) is 41.6 Å². The van der Waals surface area contributed by atoms with Crippen LogP contribution in [0.4, 0.5) is 5.69 Å². The van der Waals surface area contributed by atoms with Crippen molar-refractivity contribution in [2.24, 2.45) is 11.3 Å². The number of ether oxygens (including phenoxy) is 1. The van der Waals surface area contributed by atoms with Crippen molar-refractivity contribution < 1.29 is 19.1 Å². The highest BCUT2D eigenvalue weighted by Crippen LogP contribution is 2.60. The quantitative estimate of drug-likeness (QED) is 0.424. The van der Waals surface area contributed by atoms with E-state index in [0.29, 0.717) is 44.1 Å². The van der Waals surface area contributed by atoms with Crippen LogP contribution in [0, 0.1) is 11.3 Å². The van der Waals surface area contributed by atoms with E-state index < -0.39 is 6.04 Å². The molecule has 210 valence electrons. The lowest BCUT2D eigenvalue weighted by molar-refractivity contribution is -0.139. The summed E-state index contributed by atoms with van der Waals surface area (Å²) in [6.07, 6.45) is 8.85. The van der Waals surface area contributed by atoms with Crippen LogP contribution < -0.4 is 10.6 Å². The van der Waals surface area contributed by atoms with Gasteiger partial charge >= 0.3 is 0 Å². The molecule has 1 saturated carbocycles. The fourth-order valence-electron chi connectivity index (χ4n) is 6.35. The average Bonchev–Trinajstić information content (AvgIpc) is 3.31. The molecule has 0 unspecified atom stereocenters. The maximum atomic E-state index is 13.9. The molecular formula is C31H42N4O4. The van der Waals surface area contributed by atoms with Crippen LogP contribution in [0.3, 0.4) is 0 Å². The summed E-state index contributed by atoms with van der Waals surface area (Å²) in [5.74, 6) is 0.487. The number of nitrogens with zero attached hydrogens (tertiary/aromatic N) is 2. The molecule has 1 amide bonds. The number of aromatic nitrogens is 1. The molecule has 2 bridgehead atoms. The van der Waals surface area contributed by atoms with Gasteiger partial charge in [-0.15, -0.1) is 0 Å². The Bertz CT molecular complexity index is 1300. The van der Waals surface area contributed by atoms with Crippen molar-refractivity contribution in [2.45, 2.75) is 78.6 Å². The first kappa shape index (κ1) is 27.6. The van der Waals surface area contributed by atoms with Gasteiger partial charge in [0.1, 0.15) is 6.54 Å². The number of hydrogen-bond acceptors (Lipinski definition) is 6. The third-order valence-corrected chi connectivity index (χ3v) is 8.45. The van der Waals surface area contributed by atoms with E-state index in [-0.39, 0.29) is 35.5 Å². The summed E-state index contributed by atoms with van der Waals surface area (Å²) in [5, 5.41) is 7.91. The van der Waals surface area contributed by atoms with Gasteiger partial charge in [-0.25, -0.2) is 0 Å². The lowest BCUT2D eigenvalue weighted by Crippen LogP contribution is -2.44. The predicted molar refractivity (Wildman–Crippen MR) is 153 cm³/mol. The highest BCUT2D eigenvalue weighted by molar-refractivity contribution is 6.09.